The molecule has 156 valence electrons. The lowest BCUT2D eigenvalue weighted by Gasteiger charge is -2.12. The van der Waals surface area contributed by atoms with E-state index < -0.39 is 0 Å². The van der Waals surface area contributed by atoms with Crippen LogP contribution in [0, 0.1) is 0 Å². The summed E-state index contributed by atoms with van der Waals surface area (Å²) in [6.07, 6.45) is 5.24. The van der Waals surface area contributed by atoms with Crippen molar-refractivity contribution in [1.29, 1.82) is 0 Å². The molecular weight excluding hydrogens is 370 g/mol. The lowest BCUT2D eigenvalue weighted by Crippen LogP contribution is -2.09. The smallest absolute Gasteiger partial charge is 0.248 e. The molecule has 0 saturated heterocycles. The van der Waals surface area contributed by atoms with Gasteiger partial charge in [-0.1, -0.05) is 19.4 Å². The summed E-state index contributed by atoms with van der Waals surface area (Å²) in [5.41, 5.74) is 1.38. The Balaban J connectivity index is 2.10. The zero-order valence-corrected chi connectivity index (χ0v) is 17.5. The molecule has 0 aromatic heterocycles. The number of carbonyl (C=O) groups is 1. The Kier molecular flexibility index (Phi) is 8.89. The summed E-state index contributed by atoms with van der Waals surface area (Å²) in [6, 6.07) is 10.8. The molecule has 0 aliphatic carbocycles. The molecule has 0 spiro atoms. The van der Waals surface area contributed by atoms with Crippen LogP contribution < -0.4 is 24.3 Å². The Morgan fingerprint density at radius 3 is 2.45 bits per heavy atom. The van der Waals surface area contributed by atoms with Gasteiger partial charge in [0.1, 0.15) is 11.5 Å². The number of rotatable bonds is 11. The number of carbonyl (C=O) groups excluding carboxylic acids is 1. The van der Waals surface area contributed by atoms with Crippen LogP contribution in [-0.2, 0) is 4.79 Å². The van der Waals surface area contributed by atoms with Crippen molar-refractivity contribution < 1.29 is 23.7 Å². The standard InChI is InChI=1S/C23H29NO5/c1-5-7-14-29-21-11-8-17(15-22(21)28-6-2)9-13-23(25)24-19-16-18(26-3)10-12-20(19)27-4/h8-13,15-16H,5-7,14H2,1-4H3,(H,24,25)/b13-9+. The average molecular weight is 399 g/mol. The zero-order valence-electron chi connectivity index (χ0n) is 17.5. The van der Waals surface area contributed by atoms with Gasteiger partial charge in [-0.2, -0.15) is 0 Å². The number of ether oxygens (including phenoxy) is 4. The van der Waals surface area contributed by atoms with Crippen molar-refractivity contribution in [3.63, 3.8) is 0 Å². The van der Waals surface area contributed by atoms with Crippen LogP contribution >= 0.6 is 0 Å². The minimum atomic E-state index is -0.280. The second kappa shape index (κ2) is 11.6. The first kappa shape index (κ1) is 22.1. The highest BCUT2D eigenvalue weighted by Gasteiger charge is 2.08. The van der Waals surface area contributed by atoms with Crippen LogP contribution in [0.4, 0.5) is 5.69 Å². The number of methoxy groups -OCH3 is 2. The van der Waals surface area contributed by atoms with Crippen LogP contribution in [0.25, 0.3) is 6.08 Å². The highest BCUT2D eigenvalue weighted by molar-refractivity contribution is 6.02. The van der Waals surface area contributed by atoms with Gasteiger partial charge >= 0.3 is 0 Å². The largest absolute Gasteiger partial charge is 0.497 e. The van der Waals surface area contributed by atoms with E-state index in [2.05, 4.69) is 12.2 Å². The minimum absolute atomic E-state index is 0.280. The number of amides is 1. The highest BCUT2D eigenvalue weighted by atomic mass is 16.5. The first-order chi connectivity index (χ1) is 14.1. The van der Waals surface area contributed by atoms with E-state index in [0.29, 0.717) is 41.9 Å². The van der Waals surface area contributed by atoms with E-state index in [9.17, 15) is 4.79 Å². The summed E-state index contributed by atoms with van der Waals surface area (Å²) in [5, 5.41) is 2.81. The molecule has 29 heavy (non-hydrogen) atoms. The number of nitrogens with one attached hydrogen (secondary N) is 1. The maximum absolute atomic E-state index is 12.4. The van der Waals surface area contributed by atoms with Gasteiger partial charge in [0, 0.05) is 12.1 Å². The van der Waals surface area contributed by atoms with Gasteiger partial charge in [-0.05, 0) is 49.2 Å². The number of unbranched alkanes of at least 4 members (excludes halogenated alkanes) is 1. The number of anilines is 1. The molecule has 0 atom stereocenters. The Bertz CT molecular complexity index is 832. The van der Waals surface area contributed by atoms with Gasteiger partial charge in [0.15, 0.2) is 11.5 Å². The fourth-order valence-corrected chi connectivity index (χ4v) is 2.60. The average Bonchev–Trinajstić information content (AvgIpc) is 2.73. The van der Waals surface area contributed by atoms with Crippen LogP contribution in [0.3, 0.4) is 0 Å². The van der Waals surface area contributed by atoms with E-state index in [1.165, 1.54) is 6.08 Å². The van der Waals surface area contributed by atoms with E-state index in [4.69, 9.17) is 18.9 Å². The van der Waals surface area contributed by atoms with Gasteiger partial charge in [-0.15, -0.1) is 0 Å². The molecule has 2 aromatic carbocycles. The predicted octanol–water partition coefficient (Wildman–Crippen LogP) is 4.93. The molecular formula is C23H29NO5. The van der Waals surface area contributed by atoms with Gasteiger partial charge in [0.2, 0.25) is 5.91 Å². The Hall–Kier alpha value is -3.15. The second-order valence-corrected chi connectivity index (χ2v) is 6.23. The van der Waals surface area contributed by atoms with Crippen LogP contribution in [0.15, 0.2) is 42.5 Å². The van der Waals surface area contributed by atoms with E-state index >= 15 is 0 Å². The summed E-state index contributed by atoms with van der Waals surface area (Å²) in [7, 11) is 3.12. The fraction of sp³-hybridized carbons (Fsp3) is 0.348. The van der Waals surface area contributed by atoms with Gasteiger partial charge < -0.3 is 24.3 Å². The molecule has 2 rings (SSSR count). The van der Waals surface area contributed by atoms with E-state index in [1.807, 2.05) is 25.1 Å². The summed E-state index contributed by atoms with van der Waals surface area (Å²) >= 11 is 0. The third kappa shape index (κ3) is 6.75. The van der Waals surface area contributed by atoms with Crippen LogP contribution in [0.2, 0.25) is 0 Å². The fourth-order valence-electron chi connectivity index (χ4n) is 2.60. The normalized spacial score (nSPS) is 10.6. The molecule has 1 amide bonds. The summed E-state index contributed by atoms with van der Waals surface area (Å²) in [5.74, 6) is 2.28. The van der Waals surface area contributed by atoms with Crippen molar-refractivity contribution in [1.82, 2.24) is 0 Å². The molecule has 0 saturated carbocycles. The number of benzene rings is 2. The molecule has 1 N–H and O–H groups in total. The Morgan fingerprint density at radius 1 is 0.966 bits per heavy atom. The third-order valence-electron chi connectivity index (χ3n) is 4.11. The van der Waals surface area contributed by atoms with Crippen LogP contribution in [0.1, 0.15) is 32.3 Å². The minimum Gasteiger partial charge on any atom is -0.497 e. The van der Waals surface area contributed by atoms with E-state index in [1.54, 1.807) is 38.5 Å². The predicted molar refractivity (Wildman–Crippen MR) is 115 cm³/mol. The molecule has 0 fully saturated rings. The molecule has 6 nitrogen and oxygen atoms in total. The molecule has 6 heteroatoms. The third-order valence-corrected chi connectivity index (χ3v) is 4.11. The number of hydrogen-bond acceptors (Lipinski definition) is 5. The van der Waals surface area contributed by atoms with Crippen molar-refractivity contribution in [2.45, 2.75) is 26.7 Å². The Morgan fingerprint density at radius 2 is 1.76 bits per heavy atom. The maximum atomic E-state index is 12.4. The quantitative estimate of drug-likeness (QED) is 0.429. The zero-order chi connectivity index (χ0) is 21.1. The molecule has 0 unspecified atom stereocenters. The van der Waals surface area contributed by atoms with Gasteiger partial charge in [-0.3, -0.25) is 4.79 Å². The SMILES string of the molecule is CCCCOc1ccc(/C=C/C(=O)Nc2cc(OC)ccc2OC)cc1OCC. The maximum Gasteiger partial charge on any atom is 0.248 e. The van der Waals surface area contributed by atoms with Crippen molar-refractivity contribution in [2.75, 3.05) is 32.8 Å². The van der Waals surface area contributed by atoms with Crippen LogP contribution in [0.5, 0.6) is 23.0 Å². The van der Waals surface area contributed by atoms with Crippen LogP contribution in [-0.4, -0.2) is 33.3 Å². The highest BCUT2D eigenvalue weighted by Crippen LogP contribution is 2.30. The molecule has 0 bridgehead atoms. The molecule has 0 aliphatic heterocycles. The van der Waals surface area contributed by atoms with Gasteiger partial charge in [-0.25, -0.2) is 0 Å². The lowest BCUT2D eigenvalue weighted by molar-refractivity contribution is -0.111. The first-order valence-electron chi connectivity index (χ1n) is 9.72. The number of hydrogen-bond donors (Lipinski definition) is 1. The molecule has 0 heterocycles. The Labute approximate surface area is 172 Å². The second-order valence-electron chi connectivity index (χ2n) is 6.23. The first-order valence-corrected chi connectivity index (χ1v) is 9.72. The summed E-state index contributed by atoms with van der Waals surface area (Å²) in [4.78, 5) is 12.4. The van der Waals surface area contributed by atoms with E-state index in [-0.39, 0.29) is 5.91 Å². The summed E-state index contributed by atoms with van der Waals surface area (Å²) in [6.45, 7) is 5.23. The topological polar surface area (TPSA) is 66.0 Å². The molecule has 2 aromatic rings. The monoisotopic (exact) mass is 399 g/mol. The van der Waals surface area contributed by atoms with Crippen molar-refractivity contribution in [2.24, 2.45) is 0 Å². The van der Waals surface area contributed by atoms with Gasteiger partial charge in [0.05, 0.1) is 33.1 Å². The van der Waals surface area contributed by atoms with Crippen molar-refractivity contribution in [3.8, 4) is 23.0 Å². The van der Waals surface area contributed by atoms with Crippen molar-refractivity contribution >= 4 is 17.7 Å². The summed E-state index contributed by atoms with van der Waals surface area (Å²) < 4.78 is 21.9. The lowest BCUT2D eigenvalue weighted by atomic mass is 10.2. The van der Waals surface area contributed by atoms with E-state index in [0.717, 1.165) is 18.4 Å². The van der Waals surface area contributed by atoms with Gasteiger partial charge in [0.25, 0.3) is 0 Å². The molecule has 0 aliphatic rings. The van der Waals surface area contributed by atoms with Crippen molar-refractivity contribution in [3.05, 3.63) is 48.0 Å². The molecule has 0 radical (unpaired) electrons.